The third-order valence-corrected chi connectivity index (χ3v) is 2.52. The van der Waals surface area contributed by atoms with Gasteiger partial charge in [-0.3, -0.25) is 0 Å². The van der Waals surface area contributed by atoms with E-state index in [2.05, 4.69) is 15.9 Å². The molecule has 1 unspecified atom stereocenters. The van der Waals surface area contributed by atoms with Gasteiger partial charge in [0.2, 0.25) is 0 Å². The number of hydrogen-bond donors (Lipinski definition) is 2. The number of alkyl halides is 1. The molecule has 1 rings (SSSR count). The molecule has 0 saturated heterocycles. The van der Waals surface area contributed by atoms with E-state index < -0.39 is 12.1 Å². The number of aliphatic hydroxyl groups excluding tert-OH is 1. The molecule has 5 heteroatoms. The van der Waals surface area contributed by atoms with Gasteiger partial charge in [0.15, 0.2) is 6.10 Å². The van der Waals surface area contributed by atoms with Gasteiger partial charge in [-0.05, 0) is 24.1 Å². The lowest BCUT2D eigenvalue weighted by atomic mass is 10.1. The van der Waals surface area contributed by atoms with Crippen molar-refractivity contribution >= 4 is 21.9 Å². The van der Waals surface area contributed by atoms with Crippen LogP contribution in [-0.4, -0.2) is 28.1 Å². The van der Waals surface area contributed by atoms with E-state index in [1.54, 1.807) is 18.2 Å². The Bertz CT molecular complexity index is 354. The van der Waals surface area contributed by atoms with E-state index in [1.165, 1.54) is 6.07 Å². The molecule has 1 aromatic rings. The molecule has 0 amide bonds. The molecular weight excluding hydrogens is 276 g/mol. The summed E-state index contributed by atoms with van der Waals surface area (Å²) < 4.78 is 5.38. The molecule has 1 atom stereocenters. The Morgan fingerprint density at radius 3 is 2.88 bits per heavy atom. The quantitative estimate of drug-likeness (QED) is 0.620. The van der Waals surface area contributed by atoms with Crippen LogP contribution in [0.25, 0.3) is 0 Å². The molecular formula is C11H13BrO4. The lowest BCUT2D eigenvalue weighted by Crippen LogP contribution is -2.10. The van der Waals surface area contributed by atoms with E-state index in [0.29, 0.717) is 17.9 Å². The first-order chi connectivity index (χ1) is 7.65. The average molecular weight is 289 g/mol. The van der Waals surface area contributed by atoms with Gasteiger partial charge in [-0.25, -0.2) is 4.79 Å². The van der Waals surface area contributed by atoms with Gasteiger partial charge in [0, 0.05) is 5.33 Å². The standard InChI is InChI=1S/C11H13BrO4/c12-5-2-6-16-9-4-1-3-8(7-9)10(13)11(14)15/h1,3-4,7,10,13H,2,5-6H2,(H,14,15). The number of rotatable bonds is 6. The van der Waals surface area contributed by atoms with Gasteiger partial charge in [0.1, 0.15) is 5.75 Å². The minimum Gasteiger partial charge on any atom is -0.494 e. The lowest BCUT2D eigenvalue weighted by Gasteiger charge is -2.09. The minimum absolute atomic E-state index is 0.323. The topological polar surface area (TPSA) is 66.8 Å². The third kappa shape index (κ3) is 3.83. The van der Waals surface area contributed by atoms with Crippen molar-refractivity contribution in [3.63, 3.8) is 0 Å². The number of halogens is 1. The molecule has 4 nitrogen and oxygen atoms in total. The smallest absolute Gasteiger partial charge is 0.337 e. The number of carbonyl (C=O) groups is 1. The van der Waals surface area contributed by atoms with E-state index >= 15 is 0 Å². The summed E-state index contributed by atoms with van der Waals surface area (Å²) in [7, 11) is 0. The number of aliphatic carboxylic acids is 1. The SMILES string of the molecule is O=C(O)C(O)c1cccc(OCCCBr)c1. The molecule has 16 heavy (non-hydrogen) atoms. The molecule has 88 valence electrons. The van der Waals surface area contributed by atoms with Gasteiger partial charge < -0.3 is 14.9 Å². The molecule has 0 spiro atoms. The second kappa shape index (κ2) is 6.50. The highest BCUT2D eigenvalue weighted by atomic mass is 79.9. The molecule has 1 aromatic carbocycles. The van der Waals surface area contributed by atoms with Crippen LogP contribution in [0.3, 0.4) is 0 Å². The van der Waals surface area contributed by atoms with Crippen LogP contribution >= 0.6 is 15.9 Å². The van der Waals surface area contributed by atoms with E-state index in [4.69, 9.17) is 9.84 Å². The first-order valence-electron chi connectivity index (χ1n) is 4.84. The Balaban J connectivity index is 2.67. The van der Waals surface area contributed by atoms with E-state index in [9.17, 15) is 9.90 Å². The van der Waals surface area contributed by atoms with Crippen molar-refractivity contribution in [2.75, 3.05) is 11.9 Å². The molecule has 0 aliphatic carbocycles. The van der Waals surface area contributed by atoms with Crippen molar-refractivity contribution in [3.8, 4) is 5.75 Å². The number of carboxylic acid groups (broad SMARTS) is 1. The van der Waals surface area contributed by atoms with Gasteiger partial charge >= 0.3 is 5.97 Å². The summed E-state index contributed by atoms with van der Waals surface area (Å²) in [5, 5.41) is 18.8. The maximum absolute atomic E-state index is 10.6. The molecule has 0 aliphatic heterocycles. The zero-order valence-corrected chi connectivity index (χ0v) is 10.2. The highest BCUT2D eigenvalue weighted by molar-refractivity contribution is 9.09. The Morgan fingerprint density at radius 1 is 1.50 bits per heavy atom. The molecule has 0 radical (unpaired) electrons. The van der Waals surface area contributed by atoms with Gasteiger partial charge in [0.05, 0.1) is 6.61 Å². The Kier molecular flexibility index (Phi) is 5.28. The van der Waals surface area contributed by atoms with Gasteiger partial charge in [-0.2, -0.15) is 0 Å². The predicted octanol–water partition coefficient (Wildman–Crippen LogP) is 1.97. The number of ether oxygens (including phenoxy) is 1. The first-order valence-corrected chi connectivity index (χ1v) is 5.97. The van der Waals surface area contributed by atoms with Crippen molar-refractivity contribution in [1.82, 2.24) is 0 Å². The van der Waals surface area contributed by atoms with Crippen LogP contribution in [0, 0.1) is 0 Å². The summed E-state index contributed by atoms with van der Waals surface area (Å²) in [5.74, 6) is -0.698. The number of aliphatic hydroxyl groups is 1. The van der Waals surface area contributed by atoms with Crippen LogP contribution in [0.4, 0.5) is 0 Å². The Morgan fingerprint density at radius 2 is 2.25 bits per heavy atom. The minimum atomic E-state index is -1.50. The summed E-state index contributed by atoms with van der Waals surface area (Å²) in [5.41, 5.74) is 0.323. The largest absolute Gasteiger partial charge is 0.494 e. The second-order valence-electron chi connectivity index (χ2n) is 3.20. The number of carboxylic acids is 1. The zero-order valence-electron chi connectivity index (χ0n) is 8.60. The van der Waals surface area contributed by atoms with Crippen molar-refractivity contribution < 1.29 is 19.7 Å². The average Bonchev–Trinajstić information content (AvgIpc) is 2.29. The van der Waals surface area contributed by atoms with Crippen molar-refractivity contribution in [1.29, 1.82) is 0 Å². The van der Waals surface area contributed by atoms with Crippen molar-refractivity contribution in [2.24, 2.45) is 0 Å². The van der Waals surface area contributed by atoms with Crippen LogP contribution in [0.5, 0.6) is 5.75 Å². The number of benzene rings is 1. The molecule has 0 aromatic heterocycles. The fourth-order valence-corrected chi connectivity index (χ4v) is 1.39. The van der Waals surface area contributed by atoms with E-state index in [1.807, 2.05) is 0 Å². The van der Waals surface area contributed by atoms with Crippen molar-refractivity contribution in [3.05, 3.63) is 29.8 Å². The van der Waals surface area contributed by atoms with Gasteiger partial charge in [-0.1, -0.05) is 28.1 Å². The molecule has 0 heterocycles. The van der Waals surface area contributed by atoms with Crippen LogP contribution in [0.1, 0.15) is 18.1 Å². The predicted molar refractivity (Wildman–Crippen MR) is 62.9 cm³/mol. The van der Waals surface area contributed by atoms with Crippen LogP contribution in [-0.2, 0) is 4.79 Å². The summed E-state index contributed by atoms with van der Waals surface area (Å²) >= 11 is 3.28. The summed E-state index contributed by atoms with van der Waals surface area (Å²) in [6.45, 7) is 0.553. The number of hydrogen-bond acceptors (Lipinski definition) is 3. The summed E-state index contributed by atoms with van der Waals surface area (Å²) in [4.78, 5) is 10.6. The summed E-state index contributed by atoms with van der Waals surface area (Å²) in [6.07, 6.45) is -0.633. The molecule has 0 bridgehead atoms. The van der Waals surface area contributed by atoms with E-state index in [0.717, 1.165) is 11.8 Å². The Labute approximate surface area is 102 Å². The fraction of sp³-hybridized carbons (Fsp3) is 0.364. The van der Waals surface area contributed by atoms with Crippen molar-refractivity contribution in [2.45, 2.75) is 12.5 Å². The van der Waals surface area contributed by atoms with Crippen LogP contribution in [0.2, 0.25) is 0 Å². The van der Waals surface area contributed by atoms with Gasteiger partial charge in [0.25, 0.3) is 0 Å². The maximum atomic E-state index is 10.6. The maximum Gasteiger partial charge on any atom is 0.337 e. The first kappa shape index (κ1) is 13.0. The highest BCUT2D eigenvalue weighted by Crippen LogP contribution is 2.19. The second-order valence-corrected chi connectivity index (χ2v) is 4.00. The Hall–Kier alpha value is -1.07. The fourth-order valence-electron chi connectivity index (χ4n) is 1.16. The highest BCUT2D eigenvalue weighted by Gasteiger charge is 2.15. The zero-order chi connectivity index (χ0) is 12.0. The van der Waals surface area contributed by atoms with Crippen LogP contribution in [0.15, 0.2) is 24.3 Å². The molecule has 0 saturated carbocycles. The van der Waals surface area contributed by atoms with Gasteiger partial charge in [-0.15, -0.1) is 0 Å². The lowest BCUT2D eigenvalue weighted by molar-refractivity contribution is -0.146. The monoisotopic (exact) mass is 288 g/mol. The normalized spacial score (nSPS) is 12.1. The van der Waals surface area contributed by atoms with E-state index in [-0.39, 0.29) is 0 Å². The third-order valence-electron chi connectivity index (χ3n) is 1.95. The van der Waals surface area contributed by atoms with Crippen LogP contribution < -0.4 is 4.74 Å². The molecule has 0 fully saturated rings. The summed E-state index contributed by atoms with van der Waals surface area (Å²) in [6, 6.07) is 6.47. The molecule has 2 N–H and O–H groups in total. The molecule has 0 aliphatic rings.